The second-order valence-electron chi connectivity index (χ2n) is 6.60. The first kappa shape index (κ1) is 16.1. The van der Waals surface area contributed by atoms with Crippen molar-refractivity contribution in [3.63, 3.8) is 0 Å². The predicted molar refractivity (Wildman–Crippen MR) is 87.6 cm³/mol. The van der Waals surface area contributed by atoms with Crippen molar-refractivity contribution in [2.24, 2.45) is 0 Å². The zero-order valence-electron chi connectivity index (χ0n) is 14.2. The summed E-state index contributed by atoms with van der Waals surface area (Å²) in [6.07, 6.45) is 6.54. The summed E-state index contributed by atoms with van der Waals surface area (Å²) in [5.74, 6) is 1.39. The van der Waals surface area contributed by atoms with E-state index in [-0.39, 0.29) is 17.9 Å². The summed E-state index contributed by atoms with van der Waals surface area (Å²) in [4.78, 5) is 27.2. The lowest BCUT2D eigenvalue weighted by Gasteiger charge is -2.32. The Labute approximate surface area is 145 Å². The fraction of sp³-hybridized carbons (Fsp3) is 0.588. The lowest BCUT2D eigenvalue weighted by molar-refractivity contribution is -0.142. The van der Waals surface area contributed by atoms with Crippen molar-refractivity contribution >= 4 is 5.91 Å². The normalized spacial score (nSPS) is 21.6. The number of amides is 1. The van der Waals surface area contributed by atoms with E-state index in [1.807, 2.05) is 11.8 Å². The van der Waals surface area contributed by atoms with Gasteiger partial charge in [-0.25, -0.2) is 4.98 Å². The molecule has 2 saturated heterocycles. The molecule has 4 rings (SSSR count). The van der Waals surface area contributed by atoms with Crippen LogP contribution in [0.2, 0.25) is 0 Å². The number of hydrogen-bond acceptors (Lipinski definition) is 7. The van der Waals surface area contributed by atoms with Crippen LogP contribution in [-0.2, 0) is 9.53 Å². The summed E-state index contributed by atoms with van der Waals surface area (Å²) < 4.78 is 10.8. The maximum absolute atomic E-state index is 12.4. The number of carbonyl (C=O) groups excluding carboxylic acids is 1. The monoisotopic (exact) mass is 343 g/mol. The van der Waals surface area contributed by atoms with Gasteiger partial charge in [0.15, 0.2) is 5.82 Å². The second kappa shape index (κ2) is 6.87. The summed E-state index contributed by atoms with van der Waals surface area (Å²) >= 11 is 0. The number of ether oxygens (including phenoxy) is 1. The van der Waals surface area contributed by atoms with Gasteiger partial charge in [0.05, 0.1) is 11.9 Å². The first-order chi connectivity index (χ1) is 12.2. The molecule has 8 nitrogen and oxygen atoms in total. The van der Waals surface area contributed by atoms with E-state index in [9.17, 15) is 4.79 Å². The average molecular weight is 343 g/mol. The lowest BCUT2D eigenvalue weighted by Crippen LogP contribution is -2.43. The molecular weight excluding hydrogens is 322 g/mol. The van der Waals surface area contributed by atoms with E-state index >= 15 is 0 Å². The predicted octanol–water partition coefficient (Wildman–Crippen LogP) is 1.72. The number of piperidine rings is 1. The Morgan fingerprint density at radius 2 is 2.04 bits per heavy atom. The van der Waals surface area contributed by atoms with Crippen molar-refractivity contribution < 1.29 is 14.1 Å². The number of carbonyl (C=O) groups is 1. The van der Waals surface area contributed by atoms with Crippen LogP contribution >= 0.6 is 0 Å². The summed E-state index contributed by atoms with van der Waals surface area (Å²) in [6.45, 7) is 3.98. The van der Waals surface area contributed by atoms with Crippen LogP contribution in [0.25, 0.3) is 11.6 Å². The highest BCUT2D eigenvalue weighted by molar-refractivity contribution is 5.81. The Hall–Kier alpha value is -2.35. The van der Waals surface area contributed by atoms with Crippen LogP contribution in [0.4, 0.5) is 0 Å². The molecule has 2 aliphatic rings. The minimum absolute atomic E-state index is 0.125. The first-order valence-electron chi connectivity index (χ1n) is 8.74. The average Bonchev–Trinajstić information content (AvgIpc) is 3.34. The zero-order valence-corrected chi connectivity index (χ0v) is 14.2. The van der Waals surface area contributed by atoms with Crippen molar-refractivity contribution in [1.82, 2.24) is 25.0 Å². The van der Waals surface area contributed by atoms with E-state index in [1.165, 1.54) is 0 Å². The molecule has 2 aromatic rings. The quantitative estimate of drug-likeness (QED) is 0.837. The third-order valence-corrected chi connectivity index (χ3v) is 4.82. The zero-order chi connectivity index (χ0) is 17.2. The largest absolute Gasteiger partial charge is 0.368 e. The second-order valence-corrected chi connectivity index (χ2v) is 6.60. The number of hydrogen-bond donors (Lipinski definition) is 0. The van der Waals surface area contributed by atoms with Gasteiger partial charge in [0.25, 0.3) is 11.8 Å². The van der Waals surface area contributed by atoms with Gasteiger partial charge in [-0.3, -0.25) is 9.78 Å². The highest BCUT2D eigenvalue weighted by Gasteiger charge is 2.32. The Balaban J connectivity index is 1.38. The Morgan fingerprint density at radius 1 is 1.20 bits per heavy atom. The number of likely N-dealkylation sites (tertiary alicyclic amines) is 1. The smallest absolute Gasteiger partial charge is 0.278 e. The van der Waals surface area contributed by atoms with E-state index in [1.54, 1.807) is 12.4 Å². The maximum Gasteiger partial charge on any atom is 0.278 e. The van der Waals surface area contributed by atoms with Gasteiger partial charge in [0.2, 0.25) is 0 Å². The molecule has 0 bridgehead atoms. The lowest BCUT2D eigenvalue weighted by atomic mass is 9.95. The maximum atomic E-state index is 12.4. The molecule has 0 unspecified atom stereocenters. The molecule has 2 aromatic heterocycles. The molecule has 0 N–H and O–H groups in total. The third kappa shape index (κ3) is 3.39. The minimum Gasteiger partial charge on any atom is -0.368 e. The summed E-state index contributed by atoms with van der Waals surface area (Å²) in [5.41, 5.74) is 1.42. The van der Waals surface area contributed by atoms with Gasteiger partial charge < -0.3 is 14.2 Å². The van der Waals surface area contributed by atoms with Crippen LogP contribution in [0.15, 0.2) is 16.9 Å². The van der Waals surface area contributed by atoms with E-state index in [2.05, 4.69) is 20.1 Å². The standard InChI is InChI=1S/C17H21N5O3/c1-11-9-19-13(10-18-11)16-20-15(21-25-16)12-4-6-22(7-5-12)17(23)14-3-2-8-24-14/h9-10,12,14H,2-8H2,1H3/t14-/m1/s1. The van der Waals surface area contributed by atoms with Gasteiger partial charge in [0, 0.05) is 31.8 Å². The van der Waals surface area contributed by atoms with Crippen LogP contribution in [0.5, 0.6) is 0 Å². The van der Waals surface area contributed by atoms with Gasteiger partial charge >= 0.3 is 0 Å². The fourth-order valence-electron chi connectivity index (χ4n) is 3.34. The molecule has 0 radical (unpaired) electrons. The highest BCUT2D eigenvalue weighted by atomic mass is 16.5. The molecule has 1 atom stereocenters. The van der Waals surface area contributed by atoms with Crippen LogP contribution in [0.1, 0.15) is 43.1 Å². The number of rotatable bonds is 3. The number of aryl methyl sites for hydroxylation is 1. The van der Waals surface area contributed by atoms with Gasteiger partial charge in [-0.05, 0) is 32.6 Å². The van der Waals surface area contributed by atoms with Crippen molar-refractivity contribution in [2.75, 3.05) is 19.7 Å². The van der Waals surface area contributed by atoms with Crippen molar-refractivity contribution in [2.45, 2.75) is 44.6 Å². The number of nitrogens with zero attached hydrogens (tertiary/aromatic N) is 5. The van der Waals surface area contributed by atoms with Gasteiger partial charge in [-0.15, -0.1) is 0 Å². The summed E-state index contributed by atoms with van der Waals surface area (Å²) in [7, 11) is 0. The molecule has 0 aromatic carbocycles. The summed E-state index contributed by atoms with van der Waals surface area (Å²) in [5, 5.41) is 4.10. The molecule has 25 heavy (non-hydrogen) atoms. The van der Waals surface area contributed by atoms with E-state index in [4.69, 9.17) is 9.26 Å². The molecule has 4 heterocycles. The fourth-order valence-corrected chi connectivity index (χ4v) is 3.34. The van der Waals surface area contributed by atoms with Gasteiger partial charge in [-0.1, -0.05) is 5.16 Å². The van der Waals surface area contributed by atoms with E-state index in [0.29, 0.717) is 37.1 Å². The SMILES string of the molecule is Cc1cnc(-c2nc(C3CCN(C(=O)[C@H]4CCCO4)CC3)no2)cn1. The highest BCUT2D eigenvalue weighted by Crippen LogP contribution is 2.28. The molecule has 1 amide bonds. The molecule has 2 aliphatic heterocycles. The Bertz CT molecular complexity index is 731. The molecule has 0 spiro atoms. The van der Waals surface area contributed by atoms with E-state index in [0.717, 1.165) is 31.4 Å². The Morgan fingerprint density at radius 3 is 2.72 bits per heavy atom. The molecular formula is C17H21N5O3. The van der Waals surface area contributed by atoms with Gasteiger partial charge in [-0.2, -0.15) is 4.98 Å². The van der Waals surface area contributed by atoms with Crippen LogP contribution in [0, 0.1) is 6.92 Å². The molecule has 2 fully saturated rings. The van der Waals surface area contributed by atoms with Gasteiger partial charge in [0.1, 0.15) is 11.8 Å². The van der Waals surface area contributed by atoms with Crippen molar-refractivity contribution in [3.05, 3.63) is 23.9 Å². The molecule has 132 valence electrons. The minimum atomic E-state index is -0.242. The van der Waals surface area contributed by atoms with Crippen molar-refractivity contribution in [1.29, 1.82) is 0 Å². The Kier molecular flexibility index (Phi) is 4.44. The number of aromatic nitrogens is 4. The van der Waals surface area contributed by atoms with E-state index < -0.39 is 0 Å². The molecule has 0 aliphatic carbocycles. The third-order valence-electron chi connectivity index (χ3n) is 4.82. The van der Waals surface area contributed by atoms with Crippen LogP contribution in [-0.4, -0.2) is 56.7 Å². The molecule has 8 heteroatoms. The first-order valence-corrected chi connectivity index (χ1v) is 8.74. The van der Waals surface area contributed by atoms with Crippen LogP contribution < -0.4 is 0 Å². The molecule has 0 saturated carbocycles. The van der Waals surface area contributed by atoms with Crippen molar-refractivity contribution in [3.8, 4) is 11.6 Å². The van der Waals surface area contributed by atoms with Crippen LogP contribution in [0.3, 0.4) is 0 Å². The summed E-state index contributed by atoms with van der Waals surface area (Å²) in [6, 6.07) is 0. The topological polar surface area (TPSA) is 94.2 Å².